The lowest BCUT2D eigenvalue weighted by Crippen LogP contribution is -1.89. The lowest BCUT2D eigenvalue weighted by molar-refractivity contribution is 0.633. The van der Waals surface area contributed by atoms with Gasteiger partial charge in [0, 0.05) is 21.5 Å². The number of benzene rings is 12. The summed E-state index contributed by atoms with van der Waals surface area (Å²) in [6.45, 7) is 0. The summed E-state index contributed by atoms with van der Waals surface area (Å²) in [6, 6.07) is 75.5. The molecule has 0 unspecified atom stereocenters. The summed E-state index contributed by atoms with van der Waals surface area (Å²) in [5.41, 5.74) is 10.3. The lowest BCUT2D eigenvalue weighted by Gasteiger charge is -2.15. The summed E-state index contributed by atoms with van der Waals surface area (Å²) in [5.74, 6) is 0. The van der Waals surface area contributed by atoms with E-state index in [1.807, 2.05) is 12.1 Å². The van der Waals surface area contributed by atoms with Gasteiger partial charge in [0.25, 0.3) is 0 Å². The second-order valence-corrected chi connectivity index (χ2v) is 16.7. The second-order valence-electron chi connectivity index (χ2n) is 16.7. The van der Waals surface area contributed by atoms with Gasteiger partial charge in [-0.05, 0) is 159 Å². The molecule has 0 saturated carbocycles. The second kappa shape index (κ2) is 12.7. The zero-order chi connectivity index (χ0) is 40.5. The molecule has 14 aromatic rings. The third kappa shape index (κ3) is 4.80. The van der Waals surface area contributed by atoms with Crippen LogP contribution in [0.4, 0.5) is 0 Å². The average Bonchev–Trinajstić information content (AvgIpc) is 3.92. The third-order valence-corrected chi connectivity index (χ3v) is 13.4. The molecule has 14 rings (SSSR count). The van der Waals surface area contributed by atoms with Crippen LogP contribution >= 0.6 is 0 Å². The van der Waals surface area contributed by atoms with Gasteiger partial charge < -0.3 is 8.83 Å². The van der Waals surface area contributed by atoms with Crippen LogP contribution in [-0.2, 0) is 0 Å². The van der Waals surface area contributed by atoms with Crippen LogP contribution in [-0.4, -0.2) is 0 Å². The molecule has 0 aliphatic carbocycles. The van der Waals surface area contributed by atoms with Crippen LogP contribution in [0.25, 0.3) is 142 Å². The predicted molar refractivity (Wildman–Crippen MR) is 262 cm³/mol. The highest BCUT2D eigenvalue weighted by Crippen LogP contribution is 2.44. The molecule has 2 heteroatoms. The Labute approximate surface area is 355 Å². The Balaban J connectivity index is 1.01. The topological polar surface area (TPSA) is 26.3 Å². The Morgan fingerprint density at radius 1 is 0.177 bits per heavy atom. The largest absolute Gasteiger partial charge is 0.452 e. The molecule has 0 spiro atoms. The molecule has 0 aliphatic rings. The average molecular weight is 787 g/mol. The smallest absolute Gasteiger partial charge is 0.178 e. The molecule has 0 bridgehead atoms. The summed E-state index contributed by atoms with van der Waals surface area (Å²) in [5, 5.41) is 19.5. The number of fused-ring (bicyclic) bond motifs is 19. The minimum absolute atomic E-state index is 0.784. The lowest BCUT2D eigenvalue weighted by atomic mass is 9.88. The Morgan fingerprint density at radius 3 is 0.903 bits per heavy atom. The predicted octanol–water partition coefficient (Wildman–Crippen LogP) is 17.4. The zero-order valence-corrected chi connectivity index (χ0v) is 33.4. The van der Waals surface area contributed by atoms with Gasteiger partial charge in [-0.2, -0.15) is 0 Å². The van der Waals surface area contributed by atoms with Gasteiger partial charge in [-0.15, -0.1) is 0 Å². The summed E-state index contributed by atoms with van der Waals surface area (Å²) in [7, 11) is 0. The highest BCUT2D eigenvalue weighted by Gasteiger charge is 2.18. The van der Waals surface area contributed by atoms with Crippen LogP contribution in [0.3, 0.4) is 0 Å². The van der Waals surface area contributed by atoms with Crippen molar-refractivity contribution in [1.82, 2.24) is 0 Å². The van der Waals surface area contributed by atoms with Crippen molar-refractivity contribution in [2.75, 3.05) is 0 Å². The van der Waals surface area contributed by atoms with E-state index in [-0.39, 0.29) is 0 Å². The molecule has 62 heavy (non-hydrogen) atoms. The molecule has 0 N–H and O–H groups in total. The Hall–Kier alpha value is -8.20. The molecule has 0 atom stereocenters. The van der Waals surface area contributed by atoms with Crippen molar-refractivity contribution < 1.29 is 8.83 Å². The van der Waals surface area contributed by atoms with E-state index in [4.69, 9.17) is 8.83 Å². The van der Waals surface area contributed by atoms with Crippen LogP contribution < -0.4 is 0 Å². The van der Waals surface area contributed by atoms with E-state index in [1.54, 1.807) is 0 Å². The Morgan fingerprint density at radius 2 is 0.468 bits per heavy atom. The first kappa shape index (κ1) is 33.6. The first-order chi connectivity index (χ1) is 30.7. The summed E-state index contributed by atoms with van der Waals surface area (Å²) in [6.07, 6.45) is 0. The standard InChI is InChI=1S/C60H34O2/c1-3-15-45-41(11-1)43-13-5-7-17-47(43)54-32-35(21-24-49(45)54)38-29-39(36-22-25-50-46-16-4-2-12-42(46)44-14-6-8-18-48(44)55(50)33-36)31-40(30-38)37-23-28-58-56(34-37)53-27-26-52-51-19-9-10-20-57(51)61-59(52)60(53)62-58/h1-34H. The Kier molecular flexibility index (Phi) is 6.86. The highest BCUT2D eigenvalue weighted by molar-refractivity contribution is 6.27. The quantitative estimate of drug-likeness (QED) is 0.167. The van der Waals surface area contributed by atoms with Crippen molar-refractivity contribution in [3.05, 3.63) is 206 Å². The van der Waals surface area contributed by atoms with Gasteiger partial charge in [-0.25, -0.2) is 0 Å². The van der Waals surface area contributed by atoms with Crippen LogP contribution in [0.2, 0.25) is 0 Å². The van der Waals surface area contributed by atoms with Gasteiger partial charge in [-0.3, -0.25) is 0 Å². The number of hydrogen-bond acceptors (Lipinski definition) is 2. The van der Waals surface area contributed by atoms with Crippen molar-refractivity contribution >= 4 is 109 Å². The first-order valence-corrected chi connectivity index (χ1v) is 21.3. The number of rotatable bonds is 3. The fourth-order valence-corrected chi connectivity index (χ4v) is 10.5. The van der Waals surface area contributed by atoms with E-state index >= 15 is 0 Å². The normalized spacial score (nSPS) is 12.2. The van der Waals surface area contributed by atoms with Crippen molar-refractivity contribution in [3.8, 4) is 33.4 Å². The number of hydrogen-bond donors (Lipinski definition) is 0. The molecule has 12 aromatic carbocycles. The van der Waals surface area contributed by atoms with Gasteiger partial charge in [-0.1, -0.05) is 146 Å². The van der Waals surface area contributed by atoms with E-state index in [9.17, 15) is 0 Å². The molecular formula is C60H34O2. The van der Waals surface area contributed by atoms with E-state index < -0.39 is 0 Å². The molecule has 0 aliphatic heterocycles. The maximum Gasteiger partial charge on any atom is 0.178 e. The molecule has 0 fully saturated rings. The van der Waals surface area contributed by atoms with E-state index in [2.05, 4.69) is 194 Å². The van der Waals surface area contributed by atoms with Gasteiger partial charge in [0.2, 0.25) is 0 Å². The summed E-state index contributed by atoms with van der Waals surface area (Å²) < 4.78 is 13.0. The first-order valence-electron chi connectivity index (χ1n) is 21.3. The summed E-state index contributed by atoms with van der Waals surface area (Å²) >= 11 is 0. The van der Waals surface area contributed by atoms with Crippen molar-refractivity contribution in [2.24, 2.45) is 0 Å². The molecule has 2 heterocycles. The SMILES string of the molecule is c1ccc2c(c1)oc1c2ccc2c3cc(-c4cc(-c5ccc6c7ccccc7c7ccccc7c6c5)cc(-c5ccc6c7ccccc7c7ccccc7c6c5)c4)ccc3oc21. The van der Waals surface area contributed by atoms with Crippen LogP contribution in [0.5, 0.6) is 0 Å². The molecule has 0 saturated heterocycles. The minimum Gasteiger partial charge on any atom is -0.452 e. The highest BCUT2D eigenvalue weighted by atomic mass is 16.4. The number of furan rings is 2. The van der Waals surface area contributed by atoms with Crippen LogP contribution in [0.1, 0.15) is 0 Å². The third-order valence-electron chi connectivity index (χ3n) is 13.4. The van der Waals surface area contributed by atoms with Gasteiger partial charge >= 0.3 is 0 Å². The maximum absolute atomic E-state index is 6.59. The fraction of sp³-hybridized carbons (Fsp3) is 0. The van der Waals surface area contributed by atoms with Crippen molar-refractivity contribution in [3.63, 3.8) is 0 Å². The fourth-order valence-electron chi connectivity index (χ4n) is 10.5. The van der Waals surface area contributed by atoms with Crippen LogP contribution in [0.15, 0.2) is 215 Å². The van der Waals surface area contributed by atoms with Crippen molar-refractivity contribution in [2.45, 2.75) is 0 Å². The minimum atomic E-state index is 0.784. The van der Waals surface area contributed by atoms with Gasteiger partial charge in [0.15, 0.2) is 11.2 Å². The van der Waals surface area contributed by atoms with Gasteiger partial charge in [0.1, 0.15) is 11.2 Å². The molecule has 2 nitrogen and oxygen atoms in total. The monoisotopic (exact) mass is 786 g/mol. The maximum atomic E-state index is 6.59. The molecular weight excluding hydrogens is 753 g/mol. The van der Waals surface area contributed by atoms with E-state index in [0.29, 0.717) is 0 Å². The summed E-state index contributed by atoms with van der Waals surface area (Å²) in [4.78, 5) is 0. The van der Waals surface area contributed by atoms with E-state index in [0.717, 1.165) is 55.0 Å². The number of para-hydroxylation sites is 1. The van der Waals surface area contributed by atoms with E-state index in [1.165, 1.54) is 86.9 Å². The van der Waals surface area contributed by atoms with Crippen LogP contribution in [0, 0.1) is 0 Å². The Bertz CT molecular complexity index is 3970. The molecule has 0 amide bonds. The van der Waals surface area contributed by atoms with Gasteiger partial charge in [0.05, 0.1) is 0 Å². The molecule has 0 radical (unpaired) electrons. The molecule has 286 valence electrons. The molecule has 2 aromatic heterocycles. The zero-order valence-electron chi connectivity index (χ0n) is 33.4. The van der Waals surface area contributed by atoms with Crippen molar-refractivity contribution in [1.29, 1.82) is 0 Å².